The third-order valence-electron chi connectivity index (χ3n) is 2.03. The van der Waals surface area contributed by atoms with Crippen LogP contribution in [0.15, 0.2) is 34.3 Å². The lowest BCUT2D eigenvalue weighted by Crippen LogP contribution is -2.13. The molecule has 0 bridgehead atoms. The molecule has 0 aliphatic heterocycles. The van der Waals surface area contributed by atoms with Crippen molar-refractivity contribution in [3.8, 4) is 5.75 Å². The average Bonchev–Trinajstić information content (AvgIpc) is 2.29. The van der Waals surface area contributed by atoms with Crippen LogP contribution in [0.1, 0.15) is 12.5 Å². The molecule has 0 unspecified atom stereocenters. The van der Waals surface area contributed by atoms with Crippen molar-refractivity contribution in [2.45, 2.75) is 13.5 Å². The minimum Gasteiger partial charge on any atom is -0.488 e. The molecule has 0 aromatic heterocycles. The molecule has 1 rings (SSSR count). The van der Waals surface area contributed by atoms with Gasteiger partial charge in [-0.1, -0.05) is 30.7 Å². The average molecular weight is 305 g/mol. The first kappa shape index (κ1) is 13.6. The van der Waals surface area contributed by atoms with Crippen molar-refractivity contribution < 1.29 is 4.74 Å². The molecule has 0 radical (unpaired) electrons. The van der Waals surface area contributed by atoms with Gasteiger partial charge in [-0.15, -0.1) is 0 Å². The van der Waals surface area contributed by atoms with Crippen LogP contribution in [0.4, 0.5) is 0 Å². The maximum absolute atomic E-state index is 5.65. The van der Waals surface area contributed by atoms with E-state index in [9.17, 15) is 0 Å². The number of para-hydroxylation sites is 1. The molecule has 0 saturated heterocycles. The molecule has 1 aromatic carbocycles. The largest absolute Gasteiger partial charge is 0.488 e. The summed E-state index contributed by atoms with van der Waals surface area (Å²) in [5.41, 5.74) is 2.60. The quantitative estimate of drug-likeness (QED) is 0.865. The zero-order valence-electron chi connectivity index (χ0n) is 9.17. The van der Waals surface area contributed by atoms with Gasteiger partial charge in [0.2, 0.25) is 0 Å². The predicted octanol–water partition coefficient (Wildman–Crippen LogP) is 3.69. The molecular weight excluding hydrogens is 289 g/mol. The second kappa shape index (κ2) is 7.71. The van der Waals surface area contributed by atoms with Gasteiger partial charge in [-0.2, -0.15) is 0 Å². The number of nitrogens with one attached hydrogen (secondary N) is 1. The lowest BCUT2D eigenvalue weighted by Gasteiger charge is -2.12. The summed E-state index contributed by atoms with van der Waals surface area (Å²) in [6.07, 6.45) is 1.76. The molecule has 0 atom stereocenters. The Morgan fingerprint density at radius 1 is 1.50 bits per heavy atom. The third-order valence-corrected chi connectivity index (χ3v) is 2.83. The van der Waals surface area contributed by atoms with E-state index < -0.39 is 0 Å². The van der Waals surface area contributed by atoms with E-state index in [-0.39, 0.29) is 0 Å². The number of hydrogen-bond acceptors (Lipinski definition) is 2. The van der Waals surface area contributed by atoms with Gasteiger partial charge >= 0.3 is 0 Å². The molecule has 1 aromatic rings. The third kappa shape index (κ3) is 4.16. The molecule has 16 heavy (non-hydrogen) atoms. The molecule has 1 N–H and O–H groups in total. The van der Waals surface area contributed by atoms with E-state index in [0.717, 1.165) is 28.9 Å². The molecule has 88 valence electrons. The van der Waals surface area contributed by atoms with Crippen molar-refractivity contribution in [1.82, 2.24) is 5.32 Å². The summed E-state index contributed by atoms with van der Waals surface area (Å²) in [7, 11) is 0. The molecule has 4 heteroatoms. The number of ether oxygens (including phenoxy) is 1. The van der Waals surface area contributed by atoms with Crippen LogP contribution in [0, 0.1) is 0 Å². The highest BCUT2D eigenvalue weighted by Gasteiger charge is 2.06. The van der Waals surface area contributed by atoms with Crippen molar-refractivity contribution in [1.29, 1.82) is 0 Å². The Labute approximate surface area is 110 Å². The summed E-state index contributed by atoms with van der Waals surface area (Å²) in [5, 5.41) is 3.28. The van der Waals surface area contributed by atoms with E-state index in [0.29, 0.717) is 6.61 Å². The first-order chi connectivity index (χ1) is 7.79. The highest BCUT2D eigenvalue weighted by Crippen LogP contribution is 2.29. The molecule has 2 nitrogen and oxygen atoms in total. The summed E-state index contributed by atoms with van der Waals surface area (Å²) < 4.78 is 6.61. The van der Waals surface area contributed by atoms with Crippen LogP contribution in [0.3, 0.4) is 0 Å². The molecular formula is C12H15BrClNO. The zero-order chi connectivity index (χ0) is 11.8. The summed E-state index contributed by atoms with van der Waals surface area (Å²) >= 11 is 8.93. The zero-order valence-corrected chi connectivity index (χ0v) is 11.5. The summed E-state index contributed by atoms with van der Waals surface area (Å²) in [5.74, 6) is 0.873. The van der Waals surface area contributed by atoms with Crippen molar-refractivity contribution >= 4 is 27.5 Å². The van der Waals surface area contributed by atoms with Gasteiger partial charge in [0.25, 0.3) is 0 Å². The van der Waals surface area contributed by atoms with Crippen molar-refractivity contribution in [2.24, 2.45) is 0 Å². The number of rotatable bonds is 6. The van der Waals surface area contributed by atoms with Crippen LogP contribution in [0.5, 0.6) is 5.75 Å². The summed E-state index contributed by atoms with van der Waals surface area (Å²) in [6, 6.07) is 6.02. The normalized spacial score (nSPS) is 10.9. The topological polar surface area (TPSA) is 21.3 Å². The standard InChI is InChI=1S/C12H15BrClNO/c1-2-15-9-10-5-3-6-11(13)12(10)16-8-4-7-14/h3-7,15H,2,8-9H2,1H3/b7-4+. The van der Waals surface area contributed by atoms with Crippen LogP contribution in [-0.4, -0.2) is 13.2 Å². The van der Waals surface area contributed by atoms with E-state index in [2.05, 4.69) is 28.2 Å². The number of halogens is 2. The van der Waals surface area contributed by atoms with Gasteiger partial charge in [0.15, 0.2) is 0 Å². The van der Waals surface area contributed by atoms with E-state index >= 15 is 0 Å². The molecule has 0 amide bonds. The smallest absolute Gasteiger partial charge is 0.138 e. The molecule has 0 fully saturated rings. The Morgan fingerprint density at radius 3 is 3.00 bits per heavy atom. The van der Waals surface area contributed by atoms with Gasteiger partial charge in [-0.05, 0) is 34.6 Å². The first-order valence-corrected chi connectivity index (χ1v) is 6.38. The second-order valence-corrected chi connectivity index (χ2v) is 4.29. The van der Waals surface area contributed by atoms with E-state index in [1.807, 2.05) is 18.2 Å². The minimum absolute atomic E-state index is 0.477. The Kier molecular flexibility index (Phi) is 6.53. The van der Waals surface area contributed by atoms with Gasteiger partial charge in [0, 0.05) is 17.6 Å². The minimum atomic E-state index is 0.477. The molecule has 0 heterocycles. The van der Waals surface area contributed by atoms with Gasteiger partial charge < -0.3 is 10.1 Å². The fourth-order valence-electron chi connectivity index (χ4n) is 1.28. The molecule has 0 saturated carbocycles. The van der Waals surface area contributed by atoms with Gasteiger partial charge in [-0.3, -0.25) is 0 Å². The Morgan fingerprint density at radius 2 is 2.31 bits per heavy atom. The fraction of sp³-hybridized carbons (Fsp3) is 0.333. The van der Waals surface area contributed by atoms with Crippen LogP contribution < -0.4 is 10.1 Å². The fourth-order valence-corrected chi connectivity index (χ4v) is 1.88. The predicted molar refractivity (Wildman–Crippen MR) is 72.0 cm³/mol. The lowest BCUT2D eigenvalue weighted by molar-refractivity contribution is 0.355. The SMILES string of the molecule is CCNCc1cccc(Br)c1OC/C=C/Cl. The van der Waals surface area contributed by atoms with E-state index in [1.54, 1.807) is 6.08 Å². The Hall–Kier alpha value is -0.510. The number of hydrogen-bond donors (Lipinski definition) is 1. The summed E-state index contributed by atoms with van der Waals surface area (Å²) in [6.45, 7) is 4.30. The lowest BCUT2D eigenvalue weighted by atomic mass is 10.2. The van der Waals surface area contributed by atoms with Crippen molar-refractivity contribution in [3.05, 3.63) is 39.8 Å². The summed E-state index contributed by atoms with van der Waals surface area (Å²) in [4.78, 5) is 0. The van der Waals surface area contributed by atoms with Crippen LogP contribution in [0.2, 0.25) is 0 Å². The van der Waals surface area contributed by atoms with Crippen molar-refractivity contribution in [2.75, 3.05) is 13.2 Å². The second-order valence-electron chi connectivity index (χ2n) is 3.18. The Bertz CT molecular complexity index is 355. The maximum atomic E-state index is 5.65. The van der Waals surface area contributed by atoms with Gasteiger partial charge in [-0.25, -0.2) is 0 Å². The van der Waals surface area contributed by atoms with Crippen molar-refractivity contribution in [3.63, 3.8) is 0 Å². The molecule has 0 aliphatic rings. The monoisotopic (exact) mass is 303 g/mol. The molecule has 0 aliphatic carbocycles. The van der Waals surface area contributed by atoms with Crippen LogP contribution >= 0.6 is 27.5 Å². The Balaban J connectivity index is 2.76. The van der Waals surface area contributed by atoms with Crippen LogP contribution in [0.25, 0.3) is 0 Å². The number of benzene rings is 1. The first-order valence-electron chi connectivity index (χ1n) is 5.15. The maximum Gasteiger partial charge on any atom is 0.138 e. The highest BCUT2D eigenvalue weighted by molar-refractivity contribution is 9.10. The van der Waals surface area contributed by atoms with Gasteiger partial charge in [0.05, 0.1) is 4.47 Å². The molecule has 0 spiro atoms. The van der Waals surface area contributed by atoms with Gasteiger partial charge in [0.1, 0.15) is 12.4 Å². The van der Waals surface area contributed by atoms with Crippen LogP contribution in [-0.2, 0) is 6.54 Å². The highest BCUT2D eigenvalue weighted by atomic mass is 79.9. The van der Waals surface area contributed by atoms with E-state index in [4.69, 9.17) is 16.3 Å². The van der Waals surface area contributed by atoms with E-state index in [1.165, 1.54) is 5.54 Å².